The SMILES string of the molecule is O=c1[nH]c(/C(Cl)=C/c2cc(Br)co2)nc2sc3c(c12)CCCC3. The summed E-state index contributed by atoms with van der Waals surface area (Å²) in [5, 5.41) is 1.08. The monoisotopic (exact) mass is 410 g/mol. The van der Waals surface area contributed by atoms with Crippen LogP contribution in [0.2, 0.25) is 0 Å². The Bertz CT molecular complexity index is 986. The molecule has 0 aliphatic heterocycles. The first-order chi connectivity index (χ1) is 11.1. The molecule has 0 bridgehead atoms. The van der Waals surface area contributed by atoms with Gasteiger partial charge in [-0.05, 0) is 53.2 Å². The van der Waals surface area contributed by atoms with Crippen LogP contribution < -0.4 is 5.56 Å². The van der Waals surface area contributed by atoms with Gasteiger partial charge in [-0.25, -0.2) is 4.98 Å². The fourth-order valence-corrected chi connectivity index (χ4v) is 4.65. The van der Waals surface area contributed by atoms with Crippen LogP contribution in [0.15, 0.2) is 26.0 Å². The van der Waals surface area contributed by atoms with Gasteiger partial charge in [0.15, 0.2) is 5.82 Å². The maximum Gasteiger partial charge on any atom is 0.260 e. The van der Waals surface area contributed by atoms with E-state index in [1.807, 2.05) is 0 Å². The summed E-state index contributed by atoms with van der Waals surface area (Å²) in [6.07, 6.45) is 7.53. The fraction of sp³-hybridized carbons (Fsp3) is 0.250. The maximum absolute atomic E-state index is 12.5. The topological polar surface area (TPSA) is 58.9 Å². The number of aromatic nitrogens is 2. The van der Waals surface area contributed by atoms with Gasteiger partial charge in [-0.1, -0.05) is 11.6 Å². The van der Waals surface area contributed by atoms with Crippen LogP contribution in [-0.2, 0) is 12.8 Å². The highest BCUT2D eigenvalue weighted by molar-refractivity contribution is 9.10. The van der Waals surface area contributed by atoms with Gasteiger partial charge in [0.05, 0.1) is 14.9 Å². The molecule has 0 atom stereocenters. The Labute approximate surface area is 149 Å². The second-order valence-corrected chi connectivity index (χ2v) is 7.87. The van der Waals surface area contributed by atoms with Crippen LogP contribution >= 0.6 is 38.9 Å². The second-order valence-electron chi connectivity index (χ2n) is 5.47. The lowest BCUT2D eigenvalue weighted by Gasteiger charge is -2.09. The van der Waals surface area contributed by atoms with Crippen molar-refractivity contribution in [3.63, 3.8) is 0 Å². The van der Waals surface area contributed by atoms with Crippen molar-refractivity contribution >= 4 is 60.2 Å². The summed E-state index contributed by atoms with van der Waals surface area (Å²) in [6, 6.07) is 1.79. The van der Waals surface area contributed by atoms with E-state index in [1.54, 1.807) is 29.7 Å². The average molecular weight is 412 g/mol. The molecule has 0 saturated heterocycles. The highest BCUT2D eigenvalue weighted by atomic mass is 79.9. The minimum Gasteiger partial charge on any atom is -0.464 e. The highest BCUT2D eigenvalue weighted by Crippen LogP contribution is 2.34. The van der Waals surface area contributed by atoms with Gasteiger partial charge >= 0.3 is 0 Å². The van der Waals surface area contributed by atoms with E-state index >= 15 is 0 Å². The van der Waals surface area contributed by atoms with Gasteiger partial charge in [-0.3, -0.25) is 4.79 Å². The van der Waals surface area contributed by atoms with Crippen LogP contribution in [0.3, 0.4) is 0 Å². The summed E-state index contributed by atoms with van der Waals surface area (Å²) in [6.45, 7) is 0. The zero-order valence-corrected chi connectivity index (χ0v) is 15.1. The van der Waals surface area contributed by atoms with Crippen molar-refractivity contribution in [1.29, 1.82) is 0 Å². The zero-order valence-electron chi connectivity index (χ0n) is 12.0. The number of hydrogen-bond acceptors (Lipinski definition) is 4. The van der Waals surface area contributed by atoms with E-state index < -0.39 is 0 Å². The molecule has 0 spiro atoms. The number of nitrogens with one attached hydrogen (secondary N) is 1. The summed E-state index contributed by atoms with van der Waals surface area (Å²) in [5.41, 5.74) is 1.06. The van der Waals surface area contributed by atoms with Gasteiger partial charge in [-0.15, -0.1) is 11.3 Å². The number of hydrogen-bond donors (Lipinski definition) is 1. The molecule has 0 radical (unpaired) electrons. The molecular weight excluding hydrogens is 400 g/mol. The zero-order chi connectivity index (χ0) is 16.0. The number of thiophene rings is 1. The molecule has 118 valence electrons. The molecule has 0 saturated carbocycles. The molecule has 4 rings (SSSR count). The van der Waals surface area contributed by atoms with Crippen molar-refractivity contribution in [2.24, 2.45) is 0 Å². The molecule has 7 heteroatoms. The van der Waals surface area contributed by atoms with Crippen LogP contribution in [0, 0.1) is 0 Å². The van der Waals surface area contributed by atoms with Crippen molar-refractivity contribution in [3.8, 4) is 0 Å². The number of halogens is 2. The van der Waals surface area contributed by atoms with Crippen LogP contribution in [0.25, 0.3) is 21.3 Å². The first kappa shape index (κ1) is 15.2. The van der Waals surface area contributed by atoms with Crippen LogP contribution in [0.1, 0.15) is 34.9 Å². The third-order valence-electron chi connectivity index (χ3n) is 3.91. The number of rotatable bonds is 2. The van der Waals surface area contributed by atoms with E-state index in [9.17, 15) is 4.79 Å². The minimum atomic E-state index is -0.114. The largest absolute Gasteiger partial charge is 0.464 e. The Kier molecular flexibility index (Phi) is 3.91. The van der Waals surface area contributed by atoms with Crippen LogP contribution in [-0.4, -0.2) is 9.97 Å². The van der Waals surface area contributed by atoms with E-state index in [2.05, 4.69) is 25.9 Å². The standard InChI is InChI=1S/C16H12BrClN2O2S/c17-8-5-9(22-7-8)6-11(18)14-19-15(21)13-10-3-1-2-4-12(10)23-16(13)20-14/h5-7H,1-4H2,(H,19,20,21)/b11-6-. The Morgan fingerprint density at radius 3 is 3.04 bits per heavy atom. The molecular formula is C16H12BrClN2O2S. The van der Waals surface area contributed by atoms with Crippen molar-refractivity contribution in [3.05, 3.63) is 49.2 Å². The molecule has 3 heterocycles. The number of aryl methyl sites for hydroxylation is 2. The number of furan rings is 1. The van der Waals surface area contributed by atoms with Crippen LogP contribution in [0.4, 0.5) is 0 Å². The Morgan fingerprint density at radius 1 is 1.43 bits per heavy atom. The summed E-state index contributed by atoms with van der Waals surface area (Å²) >= 11 is 11.2. The Balaban J connectivity index is 1.82. The fourth-order valence-electron chi connectivity index (χ4n) is 2.87. The van der Waals surface area contributed by atoms with E-state index in [4.69, 9.17) is 16.0 Å². The highest BCUT2D eigenvalue weighted by Gasteiger charge is 2.20. The summed E-state index contributed by atoms with van der Waals surface area (Å²) in [7, 11) is 0. The summed E-state index contributed by atoms with van der Waals surface area (Å²) in [4.78, 5) is 21.9. The van der Waals surface area contributed by atoms with Crippen molar-refractivity contribution in [1.82, 2.24) is 9.97 Å². The number of aromatic amines is 1. The molecule has 1 aliphatic rings. The predicted octanol–water partition coefficient (Wildman–Crippen LogP) is 4.96. The number of nitrogens with zero attached hydrogens (tertiary/aromatic N) is 1. The normalized spacial score (nSPS) is 15.1. The van der Waals surface area contributed by atoms with Gasteiger partial charge in [0, 0.05) is 11.0 Å². The summed E-state index contributed by atoms with van der Waals surface area (Å²) in [5.74, 6) is 0.963. The van der Waals surface area contributed by atoms with Gasteiger partial charge in [-0.2, -0.15) is 0 Å². The molecule has 0 amide bonds. The quantitative estimate of drug-likeness (QED) is 0.648. The smallest absolute Gasteiger partial charge is 0.260 e. The van der Waals surface area contributed by atoms with Crippen molar-refractivity contribution < 1.29 is 4.42 Å². The molecule has 1 N–H and O–H groups in total. The molecule has 0 fully saturated rings. The predicted molar refractivity (Wildman–Crippen MR) is 97.0 cm³/mol. The van der Waals surface area contributed by atoms with Gasteiger partial charge < -0.3 is 9.40 Å². The molecule has 4 nitrogen and oxygen atoms in total. The molecule has 0 unspecified atom stereocenters. The third kappa shape index (κ3) is 2.79. The minimum absolute atomic E-state index is 0.114. The van der Waals surface area contributed by atoms with Gasteiger partial charge in [0.1, 0.15) is 16.9 Å². The van der Waals surface area contributed by atoms with Gasteiger partial charge in [0.2, 0.25) is 0 Å². The van der Waals surface area contributed by atoms with E-state index in [1.165, 1.54) is 16.9 Å². The number of fused-ring (bicyclic) bond motifs is 3. The maximum atomic E-state index is 12.5. The first-order valence-electron chi connectivity index (χ1n) is 7.28. The Morgan fingerprint density at radius 2 is 2.26 bits per heavy atom. The average Bonchev–Trinajstić information content (AvgIpc) is 3.10. The second kappa shape index (κ2) is 5.92. The lowest BCUT2D eigenvalue weighted by atomic mass is 9.97. The van der Waals surface area contributed by atoms with Crippen molar-refractivity contribution in [2.75, 3.05) is 0 Å². The molecule has 1 aliphatic carbocycles. The van der Waals surface area contributed by atoms with Crippen LogP contribution in [0.5, 0.6) is 0 Å². The molecule has 23 heavy (non-hydrogen) atoms. The first-order valence-corrected chi connectivity index (χ1v) is 9.27. The molecule has 3 aromatic rings. The van der Waals surface area contributed by atoms with E-state index in [-0.39, 0.29) is 5.56 Å². The van der Waals surface area contributed by atoms with E-state index in [0.29, 0.717) is 16.6 Å². The molecule has 0 aromatic carbocycles. The number of H-pyrrole nitrogens is 1. The van der Waals surface area contributed by atoms with Crippen molar-refractivity contribution in [2.45, 2.75) is 25.7 Å². The third-order valence-corrected chi connectivity index (χ3v) is 5.80. The lowest BCUT2D eigenvalue weighted by molar-refractivity contribution is 0.556. The lowest BCUT2D eigenvalue weighted by Crippen LogP contribution is -2.12. The van der Waals surface area contributed by atoms with E-state index in [0.717, 1.165) is 34.0 Å². The molecule has 3 aromatic heterocycles. The Hall–Kier alpha value is -1.37. The van der Waals surface area contributed by atoms with Gasteiger partial charge in [0.25, 0.3) is 5.56 Å². The summed E-state index contributed by atoms with van der Waals surface area (Å²) < 4.78 is 6.15.